The summed E-state index contributed by atoms with van der Waals surface area (Å²) in [6.07, 6.45) is 50.4. The molecule has 638 valence electrons. The molecule has 4 N–H and O–H groups in total. The monoisotopic (exact) mass is 1600 g/mol. The van der Waals surface area contributed by atoms with Crippen LogP contribution in [0.15, 0.2) is 206 Å². The van der Waals surface area contributed by atoms with E-state index in [9.17, 15) is 19.8 Å². The molecule has 0 spiro atoms. The quantitative estimate of drug-likeness (QED) is 0.0151. The number of nitrogens with two attached hydrogens (primary N) is 1. The van der Waals surface area contributed by atoms with E-state index < -0.39 is 0 Å². The van der Waals surface area contributed by atoms with Crippen LogP contribution in [-0.2, 0) is 38.9 Å². The lowest BCUT2D eigenvalue weighted by molar-refractivity contribution is 0.100. The average molecular weight is 1600 g/mol. The van der Waals surface area contributed by atoms with Crippen molar-refractivity contribution in [2.24, 2.45) is 11.8 Å². The van der Waals surface area contributed by atoms with Crippen LogP contribution in [0.1, 0.15) is 345 Å². The molecule has 0 aromatic heterocycles. The van der Waals surface area contributed by atoms with Gasteiger partial charge in [-0.3, -0.25) is 9.59 Å². The fourth-order valence-electron chi connectivity index (χ4n) is 14.8. The first kappa shape index (κ1) is 99.8. The minimum Gasteiger partial charge on any atom is -0.493 e. The summed E-state index contributed by atoms with van der Waals surface area (Å²) in [5, 5.41) is 19.2. The fourth-order valence-corrected chi connectivity index (χ4v) is 14.8. The Kier molecular flexibility index (Phi) is 52.0. The molecule has 1 fully saturated rings. The maximum atomic E-state index is 11.3. The van der Waals surface area contributed by atoms with Crippen molar-refractivity contribution in [1.29, 1.82) is 0 Å². The number of ether oxygens (including phenoxy) is 2. The number of aryl methyl sites for hydroxylation is 4. The van der Waals surface area contributed by atoms with Gasteiger partial charge in [0.1, 0.15) is 11.5 Å². The van der Waals surface area contributed by atoms with Crippen molar-refractivity contribution < 1.29 is 29.3 Å². The van der Waals surface area contributed by atoms with Crippen LogP contribution in [0.3, 0.4) is 0 Å². The number of benzene rings is 9. The average Bonchev–Trinajstić information content (AvgIpc) is 0.810. The molecule has 1 atom stereocenters. The zero-order valence-corrected chi connectivity index (χ0v) is 75.1. The van der Waals surface area contributed by atoms with Gasteiger partial charge in [0, 0.05) is 33.5 Å². The number of aliphatic hydroxyl groups excluding tert-OH is 2. The summed E-state index contributed by atoms with van der Waals surface area (Å²) in [6, 6.07) is 71.5. The third-order valence-corrected chi connectivity index (χ3v) is 22.9. The summed E-state index contributed by atoms with van der Waals surface area (Å²) < 4.78 is 11.7. The molecule has 0 unspecified atom stereocenters. The van der Waals surface area contributed by atoms with Gasteiger partial charge in [0.25, 0.3) is 0 Å². The third kappa shape index (κ3) is 40.8. The highest BCUT2D eigenvalue weighted by Crippen LogP contribution is 2.38. The van der Waals surface area contributed by atoms with E-state index in [0.717, 1.165) is 77.8 Å². The molecule has 118 heavy (non-hydrogen) atoms. The topological polar surface area (TPSA) is 119 Å². The Morgan fingerprint density at radius 1 is 0.407 bits per heavy atom. The first-order chi connectivity index (χ1) is 57.5. The fraction of sp³-hybridized carbons (Fsp3) is 0.477. The van der Waals surface area contributed by atoms with E-state index >= 15 is 0 Å². The van der Waals surface area contributed by atoms with E-state index in [4.69, 9.17) is 21.6 Å². The van der Waals surface area contributed by atoms with Crippen molar-refractivity contribution in [2.75, 3.05) is 18.9 Å². The van der Waals surface area contributed by atoms with Crippen molar-refractivity contribution >= 4 is 17.3 Å². The molecule has 9 aromatic carbocycles. The van der Waals surface area contributed by atoms with Gasteiger partial charge in [-0.2, -0.15) is 0 Å². The molecule has 0 bridgehead atoms. The van der Waals surface area contributed by atoms with Gasteiger partial charge in [-0.05, 0) is 220 Å². The number of hydrogen-bond donors (Lipinski definition) is 3. The maximum Gasteiger partial charge on any atom is 0.159 e. The van der Waals surface area contributed by atoms with Crippen LogP contribution in [0.4, 0.5) is 5.69 Å². The number of hydrogen-bond acceptors (Lipinski definition) is 7. The predicted molar refractivity (Wildman–Crippen MR) is 508 cm³/mol. The zero-order valence-electron chi connectivity index (χ0n) is 75.1. The molecule has 0 amide bonds. The number of aliphatic hydroxyl groups is 2. The molecule has 0 heterocycles. The molecular weight excluding hydrogens is 1440 g/mol. The van der Waals surface area contributed by atoms with E-state index in [1.807, 2.05) is 60.7 Å². The number of rotatable bonds is 44. The molecule has 7 heteroatoms. The highest BCUT2D eigenvalue weighted by atomic mass is 16.5. The van der Waals surface area contributed by atoms with Crippen molar-refractivity contribution in [3.63, 3.8) is 0 Å². The summed E-state index contributed by atoms with van der Waals surface area (Å²) in [5.41, 5.74) is 26.2. The first-order valence-electron chi connectivity index (χ1n) is 46.1. The lowest BCUT2D eigenvalue weighted by atomic mass is 9.77. The number of terminal acetylenes is 1. The van der Waals surface area contributed by atoms with Crippen LogP contribution in [0, 0.1) is 31.1 Å². The zero-order chi connectivity index (χ0) is 85.2. The van der Waals surface area contributed by atoms with Crippen LogP contribution < -0.4 is 15.2 Å². The molecule has 9 aromatic rings. The van der Waals surface area contributed by atoms with Gasteiger partial charge in [-0.15, -0.1) is 6.42 Å². The van der Waals surface area contributed by atoms with Crippen LogP contribution in [0.5, 0.6) is 11.5 Å². The van der Waals surface area contributed by atoms with Crippen LogP contribution >= 0.6 is 0 Å². The highest BCUT2D eigenvalue weighted by Gasteiger charge is 2.22. The van der Waals surface area contributed by atoms with E-state index in [2.05, 4.69) is 202 Å². The van der Waals surface area contributed by atoms with Crippen LogP contribution in [-0.4, -0.2) is 35.0 Å². The van der Waals surface area contributed by atoms with Gasteiger partial charge < -0.3 is 25.4 Å². The van der Waals surface area contributed by atoms with Crippen molar-refractivity contribution in [1.82, 2.24) is 0 Å². The van der Waals surface area contributed by atoms with Crippen LogP contribution in [0.2, 0.25) is 0 Å². The summed E-state index contributed by atoms with van der Waals surface area (Å²) in [5.74, 6) is 6.65. The Morgan fingerprint density at radius 3 is 1.12 bits per heavy atom. The van der Waals surface area contributed by atoms with Crippen LogP contribution in [0.25, 0.3) is 33.4 Å². The normalized spacial score (nSPS) is 12.9. The minimum absolute atomic E-state index is 0.0942. The molecule has 0 radical (unpaired) electrons. The van der Waals surface area contributed by atoms with Crippen molar-refractivity contribution in [2.45, 2.75) is 320 Å². The van der Waals surface area contributed by atoms with Gasteiger partial charge in [0.05, 0.1) is 26.4 Å². The molecule has 1 saturated carbocycles. The second-order valence-electron chi connectivity index (χ2n) is 33.0. The largest absolute Gasteiger partial charge is 0.493 e. The van der Waals surface area contributed by atoms with E-state index in [1.54, 1.807) is 26.0 Å². The summed E-state index contributed by atoms with van der Waals surface area (Å²) in [4.78, 5) is 22.5. The van der Waals surface area contributed by atoms with Gasteiger partial charge in [0.2, 0.25) is 0 Å². The molecule has 0 saturated heterocycles. The minimum atomic E-state index is -0.0944. The predicted octanol–water partition coefficient (Wildman–Crippen LogP) is 30.9. The Hall–Kier alpha value is -8.80. The molecule has 1 aliphatic carbocycles. The smallest absolute Gasteiger partial charge is 0.159 e. The standard InChI is InChI=1S/C25H24.C21H36O4.C19H22O.C18H26O.C15H24.C13H21N/c1-3-5-6-7-21-10-14-23(15-11-21)25-18-16-24(17-19-25)22-12-8-20(4-2)9-13-22;1-3-5-7-9-11-13-25-21-15-18(16-22)20(14-19(21)17-23)24-12-10-8-6-4-2;1-4-14(2)13-16-5-7-18(8-6-16)19-11-9-17(10-12-19)15(3)20;1-3-4-5-15-6-8-17(9-7-15)18-12-10-16(11-13-18)14(2)19;1-3-4-5-6-7-8-9-15-12-10-14(2)11-13-15;1-2-3-4-5-6-7-12-8-10-13(14)11-9-12/h2,8-19H,3,5-7H2,1H3;14-15,22-23H,3-13,16-17H2,1-2H3;5-12,14H,4,13H2,1-3H3;10-13,15,17H,3-9H2,1-2H3;10-13H,3-9H2,1-2H3;8-11H,2-7,14H2,1H3/t;;14-;;;/m..0.../s1. The summed E-state index contributed by atoms with van der Waals surface area (Å²) in [7, 11) is 0. The SMILES string of the molecule is C#Cc1ccc(-c2ccc(-c3ccc(CCCCC)cc3)cc2)cc1.CCCCC1CCC(c2ccc(C(C)=O)cc2)CC1.CCCCCCCCc1ccc(C)cc1.CCCCCCCOc1cc(CO)c(OCCCCCC)cc1CO.CCCCCCCc1ccc(N)cc1.CC[C@H](C)Cc1ccc(-c2ccc(C(C)=O)cc2)cc1. The number of unbranched alkanes of at least 4 members (excludes halogenated alkanes) is 19. The Bertz CT molecular complexity index is 4090. The Balaban J connectivity index is 0.000000255. The third-order valence-electron chi connectivity index (χ3n) is 22.9. The molecular formula is C111H153NO6. The molecule has 1 aliphatic rings. The van der Waals surface area contributed by atoms with Crippen molar-refractivity contribution in [3.8, 4) is 57.2 Å². The maximum absolute atomic E-state index is 11.3. The van der Waals surface area contributed by atoms with E-state index in [0.29, 0.717) is 35.8 Å². The summed E-state index contributed by atoms with van der Waals surface area (Å²) in [6.45, 7) is 24.4. The number of ketones is 2. The van der Waals surface area contributed by atoms with Gasteiger partial charge in [0.15, 0.2) is 11.6 Å². The second kappa shape index (κ2) is 61.5. The van der Waals surface area contributed by atoms with E-state index in [1.165, 1.54) is 254 Å². The lowest BCUT2D eigenvalue weighted by Crippen LogP contribution is -2.13. The molecule has 0 aliphatic heterocycles. The lowest BCUT2D eigenvalue weighted by Gasteiger charge is -2.28. The van der Waals surface area contributed by atoms with Crippen molar-refractivity contribution in [3.05, 3.63) is 267 Å². The number of carbonyl (C=O) groups excluding carboxylic acids is 2. The molecule has 10 rings (SSSR count). The van der Waals surface area contributed by atoms with Gasteiger partial charge in [-0.25, -0.2) is 0 Å². The Labute approximate surface area is 717 Å². The van der Waals surface area contributed by atoms with Gasteiger partial charge in [-0.1, -0.05) is 378 Å². The molecule has 7 nitrogen and oxygen atoms in total. The van der Waals surface area contributed by atoms with E-state index in [-0.39, 0.29) is 24.8 Å². The number of nitrogen functional groups attached to an aromatic ring is 1. The Morgan fingerprint density at radius 2 is 0.729 bits per heavy atom. The first-order valence-corrected chi connectivity index (χ1v) is 46.1. The highest BCUT2D eigenvalue weighted by molar-refractivity contribution is 5.95. The number of anilines is 1. The van der Waals surface area contributed by atoms with Gasteiger partial charge >= 0.3 is 0 Å². The number of carbonyl (C=O) groups is 2. The summed E-state index contributed by atoms with van der Waals surface area (Å²) >= 11 is 0. The number of Topliss-reactive ketones (excluding diaryl/α,β-unsaturated/α-hetero) is 2. The second-order valence-corrected chi connectivity index (χ2v) is 33.0.